The lowest BCUT2D eigenvalue weighted by Crippen LogP contribution is -1.97. The molecule has 0 saturated heterocycles. The van der Waals surface area contributed by atoms with Crippen molar-refractivity contribution in [2.24, 2.45) is 0 Å². The molecule has 0 fully saturated rings. The van der Waals surface area contributed by atoms with Gasteiger partial charge in [-0.3, -0.25) is 5.10 Å². The summed E-state index contributed by atoms with van der Waals surface area (Å²) >= 11 is 0. The summed E-state index contributed by atoms with van der Waals surface area (Å²) in [4.78, 5) is 10.2. The van der Waals surface area contributed by atoms with Crippen LogP contribution in [-0.2, 0) is 0 Å². The molecule has 0 aliphatic heterocycles. The van der Waals surface area contributed by atoms with E-state index in [0.717, 1.165) is 0 Å². The lowest BCUT2D eigenvalue weighted by Gasteiger charge is -2.00. The zero-order chi connectivity index (χ0) is 9.97. The highest BCUT2D eigenvalue weighted by atomic mass is 16.3. The smallest absolute Gasteiger partial charge is 0.321 e. The van der Waals surface area contributed by atoms with Crippen LogP contribution in [0.5, 0.6) is 12.0 Å². The van der Waals surface area contributed by atoms with Gasteiger partial charge in [0.05, 0.1) is 11.9 Å². The number of H-pyrrole nitrogens is 1. The summed E-state index contributed by atoms with van der Waals surface area (Å²) in [6.45, 7) is 0. The highest BCUT2D eigenvalue weighted by Gasteiger charge is 2.04. The van der Waals surface area contributed by atoms with Crippen LogP contribution in [0.4, 0.5) is 11.6 Å². The van der Waals surface area contributed by atoms with E-state index in [4.69, 9.17) is 10.2 Å². The summed E-state index contributed by atoms with van der Waals surface area (Å²) in [5, 5.41) is 26.8. The van der Waals surface area contributed by atoms with Crippen molar-refractivity contribution >= 4 is 11.6 Å². The van der Waals surface area contributed by atoms with E-state index in [0.29, 0.717) is 5.69 Å². The van der Waals surface area contributed by atoms with Crippen LogP contribution in [0.2, 0.25) is 0 Å². The molecule has 0 saturated carbocycles. The first-order valence-corrected chi connectivity index (χ1v) is 3.64. The van der Waals surface area contributed by atoms with Gasteiger partial charge in [-0.15, -0.1) is 4.98 Å². The molecule has 72 valence electrons. The van der Waals surface area contributed by atoms with Gasteiger partial charge in [0.1, 0.15) is 0 Å². The molecule has 0 radical (unpaired) electrons. The van der Waals surface area contributed by atoms with Crippen LogP contribution in [0.15, 0.2) is 12.4 Å². The Labute approximate surface area is 77.7 Å². The van der Waals surface area contributed by atoms with E-state index in [-0.39, 0.29) is 5.95 Å². The molecule has 8 nitrogen and oxygen atoms in total. The molecule has 2 aromatic heterocycles. The number of anilines is 2. The van der Waals surface area contributed by atoms with Crippen LogP contribution in [0.1, 0.15) is 0 Å². The average Bonchev–Trinajstić information content (AvgIpc) is 2.54. The van der Waals surface area contributed by atoms with Crippen LogP contribution in [0.25, 0.3) is 0 Å². The Kier molecular flexibility index (Phi) is 1.86. The fourth-order valence-electron chi connectivity index (χ4n) is 0.858. The van der Waals surface area contributed by atoms with Crippen LogP contribution >= 0.6 is 0 Å². The van der Waals surface area contributed by atoms with Gasteiger partial charge in [0.25, 0.3) is 0 Å². The molecular weight excluding hydrogens is 188 g/mol. The van der Waals surface area contributed by atoms with Crippen LogP contribution < -0.4 is 5.32 Å². The zero-order valence-corrected chi connectivity index (χ0v) is 6.84. The van der Waals surface area contributed by atoms with Crippen molar-refractivity contribution in [1.29, 1.82) is 0 Å². The number of rotatable bonds is 2. The van der Waals surface area contributed by atoms with Crippen LogP contribution in [0.3, 0.4) is 0 Å². The quantitative estimate of drug-likeness (QED) is 0.520. The van der Waals surface area contributed by atoms with Gasteiger partial charge in [-0.25, -0.2) is 0 Å². The molecule has 8 heteroatoms. The molecule has 2 rings (SSSR count). The number of hydrogen-bond donors (Lipinski definition) is 4. The maximum Gasteiger partial charge on any atom is 0.321 e. The number of aromatic nitrogens is 5. The van der Waals surface area contributed by atoms with Crippen LogP contribution in [0, 0.1) is 0 Å². The molecule has 14 heavy (non-hydrogen) atoms. The van der Waals surface area contributed by atoms with Crippen molar-refractivity contribution in [2.75, 3.05) is 5.32 Å². The molecule has 2 heterocycles. The normalized spacial score (nSPS) is 10.0. The van der Waals surface area contributed by atoms with E-state index in [1.807, 2.05) is 0 Å². The van der Waals surface area contributed by atoms with Gasteiger partial charge in [0.15, 0.2) is 0 Å². The molecule has 0 atom stereocenters. The molecule has 0 aliphatic rings. The first-order chi connectivity index (χ1) is 6.74. The topological polar surface area (TPSA) is 120 Å². The van der Waals surface area contributed by atoms with E-state index in [2.05, 4.69) is 30.5 Å². The number of aromatic amines is 1. The van der Waals surface area contributed by atoms with Crippen molar-refractivity contribution in [3.8, 4) is 12.0 Å². The second-order valence-electron chi connectivity index (χ2n) is 2.37. The van der Waals surface area contributed by atoms with Gasteiger partial charge in [-0.2, -0.15) is 15.1 Å². The number of aromatic hydroxyl groups is 2. The summed E-state index contributed by atoms with van der Waals surface area (Å²) in [7, 11) is 0. The van der Waals surface area contributed by atoms with Crippen molar-refractivity contribution in [3.63, 3.8) is 0 Å². The molecule has 0 aliphatic carbocycles. The van der Waals surface area contributed by atoms with Crippen LogP contribution in [-0.4, -0.2) is 35.4 Å². The van der Waals surface area contributed by atoms with E-state index >= 15 is 0 Å². The monoisotopic (exact) mass is 194 g/mol. The third-order valence-electron chi connectivity index (χ3n) is 1.37. The number of nitrogens with zero attached hydrogens (tertiary/aromatic N) is 4. The first-order valence-electron chi connectivity index (χ1n) is 3.64. The molecule has 0 aromatic carbocycles. The Hall–Kier alpha value is -2.38. The molecule has 0 bridgehead atoms. The molecule has 4 N–H and O–H groups in total. The summed E-state index contributed by atoms with van der Waals surface area (Å²) in [6, 6.07) is -1.10. The van der Waals surface area contributed by atoms with Crippen molar-refractivity contribution in [3.05, 3.63) is 12.4 Å². The SMILES string of the molecule is Oc1nc(O)nc(Nc2cn[nH]c2)n1. The Bertz CT molecular complexity index is 408. The second kappa shape index (κ2) is 3.17. The zero-order valence-electron chi connectivity index (χ0n) is 6.84. The Morgan fingerprint density at radius 2 is 1.86 bits per heavy atom. The summed E-state index contributed by atoms with van der Waals surface area (Å²) in [5.74, 6) is 0.0383. The fourth-order valence-corrected chi connectivity index (χ4v) is 0.858. The van der Waals surface area contributed by atoms with Gasteiger partial charge in [-0.1, -0.05) is 0 Å². The minimum Gasteiger partial charge on any atom is -0.479 e. The minimum absolute atomic E-state index is 0.0383. The first kappa shape index (κ1) is 8.23. The predicted molar refractivity (Wildman–Crippen MR) is 45.0 cm³/mol. The van der Waals surface area contributed by atoms with E-state index in [1.165, 1.54) is 6.20 Å². The number of nitrogens with one attached hydrogen (secondary N) is 2. The third kappa shape index (κ3) is 1.68. The second-order valence-corrected chi connectivity index (χ2v) is 2.37. The van der Waals surface area contributed by atoms with Gasteiger partial charge in [0.2, 0.25) is 5.95 Å². The molecular formula is C6H6N6O2. The van der Waals surface area contributed by atoms with Crippen molar-refractivity contribution < 1.29 is 10.2 Å². The minimum atomic E-state index is -0.552. The lowest BCUT2D eigenvalue weighted by atomic mass is 10.6. The van der Waals surface area contributed by atoms with Crippen molar-refractivity contribution in [1.82, 2.24) is 25.1 Å². The molecule has 2 aromatic rings. The van der Waals surface area contributed by atoms with E-state index in [1.54, 1.807) is 6.20 Å². The van der Waals surface area contributed by atoms with Crippen molar-refractivity contribution in [2.45, 2.75) is 0 Å². The Morgan fingerprint density at radius 3 is 2.43 bits per heavy atom. The third-order valence-corrected chi connectivity index (χ3v) is 1.37. The van der Waals surface area contributed by atoms with E-state index in [9.17, 15) is 0 Å². The van der Waals surface area contributed by atoms with Gasteiger partial charge in [0, 0.05) is 6.20 Å². The van der Waals surface area contributed by atoms with Gasteiger partial charge < -0.3 is 15.5 Å². The van der Waals surface area contributed by atoms with Gasteiger partial charge in [-0.05, 0) is 0 Å². The summed E-state index contributed by atoms with van der Waals surface area (Å²) < 4.78 is 0. The highest BCUT2D eigenvalue weighted by molar-refractivity contribution is 5.50. The molecule has 0 unspecified atom stereocenters. The average molecular weight is 194 g/mol. The summed E-state index contributed by atoms with van der Waals surface area (Å²) in [6.07, 6.45) is 3.07. The summed E-state index contributed by atoms with van der Waals surface area (Å²) in [5.41, 5.74) is 0.606. The standard InChI is InChI=1S/C6H6N6O2/c13-5-10-4(11-6(14)12-5)9-3-1-7-8-2-3/h1-2H,(H,7,8)(H3,9,10,11,12,13,14). The molecule has 0 spiro atoms. The Morgan fingerprint density at radius 1 is 1.14 bits per heavy atom. The predicted octanol–water partition coefficient (Wildman–Crippen LogP) is -0.251. The maximum atomic E-state index is 8.94. The van der Waals surface area contributed by atoms with Gasteiger partial charge >= 0.3 is 12.0 Å². The highest BCUT2D eigenvalue weighted by Crippen LogP contribution is 2.14. The Balaban J connectivity index is 2.25. The largest absolute Gasteiger partial charge is 0.479 e. The molecule has 0 amide bonds. The van der Waals surface area contributed by atoms with E-state index < -0.39 is 12.0 Å². The lowest BCUT2D eigenvalue weighted by molar-refractivity contribution is 0.384. The fraction of sp³-hybridized carbons (Fsp3) is 0. The number of hydrogen-bond acceptors (Lipinski definition) is 7. The maximum absolute atomic E-state index is 8.94.